The smallest absolute Gasteiger partial charge is 0.299 e. The first kappa shape index (κ1) is 12.1. The van der Waals surface area contributed by atoms with E-state index in [0.29, 0.717) is 28.7 Å². The first-order valence-corrected chi connectivity index (χ1v) is 6.05. The van der Waals surface area contributed by atoms with Crippen LogP contribution in [0.4, 0.5) is 5.69 Å². The Labute approximate surface area is 105 Å². The topological polar surface area (TPSA) is 37.4 Å². The first-order valence-electron chi connectivity index (χ1n) is 5.67. The summed E-state index contributed by atoms with van der Waals surface area (Å²) >= 11 is 6.06. The van der Waals surface area contributed by atoms with Crippen LogP contribution in [0.1, 0.15) is 30.6 Å². The maximum absolute atomic E-state index is 11.8. The number of anilines is 1. The predicted molar refractivity (Wildman–Crippen MR) is 67.6 cm³/mol. The Morgan fingerprint density at radius 2 is 2.00 bits per heavy atom. The number of nitrogens with zero attached hydrogens (tertiary/aromatic N) is 1. The molecule has 1 heterocycles. The van der Waals surface area contributed by atoms with Gasteiger partial charge in [0.25, 0.3) is 11.7 Å². The number of benzene rings is 1. The zero-order chi connectivity index (χ0) is 12.6. The van der Waals surface area contributed by atoms with E-state index in [1.165, 1.54) is 4.90 Å². The van der Waals surface area contributed by atoms with Gasteiger partial charge in [-0.2, -0.15) is 0 Å². The lowest BCUT2D eigenvalue weighted by Gasteiger charge is -2.18. The lowest BCUT2D eigenvalue weighted by atomic mass is 10.1. The van der Waals surface area contributed by atoms with Crippen LogP contribution in [-0.4, -0.2) is 18.2 Å². The van der Waals surface area contributed by atoms with E-state index >= 15 is 0 Å². The molecule has 1 aliphatic rings. The van der Waals surface area contributed by atoms with Crippen LogP contribution in [-0.2, 0) is 4.79 Å². The fourth-order valence-corrected chi connectivity index (χ4v) is 2.19. The predicted octanol–water partition coefficient (Wildman–Crippen LogP) is 2.92. The zero-order valence-electron chi connectivity index (χ0n) is 9.87. The number of amides is 1. The van der Waals surface area contributed by atoms with Gasteiger partial charge in [0, 0.05) is 6.54 Å². The molecule has 17 heavy (non-hydrogen) atoms. The second kappa shape index (κ2) is 4.49. The molecule has 4 heteroatoms. The fourth-order valence-electron chi connectivity index (χ4n) is 1.91. The molecule has 0 spiro atoms. The molecule has 0 bridgehead atoms. The maximum atomic E-state index is 11.8. The summed E-state index contributed by atoms with van der Waals surface area (Å²) in [6, 6.07) is 5.05. The van der Waals surface area contributed by atoms with Crippen LogP contribution >= 0.6 is 11.6 Å². The number of ketones is 1. The number of carbonyl (C=O) groups is 2. The number of Topliss-reactive ketones (excluding diaryl/α,β-unsaturated/α-hetero) is 1. The van der Waals surface area contributed by atoms with Crippen LogP contribution in [0, 0.1) is 5.92 Å². The molecule has 2 rings (SSSR count). The Morgan fingerprint density at radius 1 is 1.29 bits per heavy atom. The number of halogens is 1. The highest BCUT2D eigenvalue weighted by Crippen LogP contribution is 2.35. The molecule has 0 saturated carbocycles. The van der Waals surface area contributed by atoms with E-state index in [9.17, 15) is 9.59 Å². The van der Waals surface area contributed by atoms with Gasteiger partial charge in [-0.15, -0.1) is 0 Å². The second-order valence-electron chi connectivity index (χ2n) is 4.60. The minimum Gasteiger partial charge on any atom is -0.303 e. The Morgan fingerprint density at radius 3 is 2.65 bits per heavy atom. The summed E-state index contributed by atoms with van der Waals surface area (Å²) in [4.78, 5) is 25.1. The molecule has 0 N–H and O–H groups in total. The summed E-state index contributed by atoms with van der Waals surface area (Å²) < 4.78 is 0. The third-order valence-electron chi connectivity index (χ3n) is 2.87. The number of para-hydroxylation sites is 1. The van der Waals surface area contributed by atoms with Gasteiger partial charge in [-0.1, -0.05) is 31.5 Å². The number of rotatable bonds is 3. The molecule has 90 valence electrons. The van der Waals surface area contributed by atoms with E-state index in [2.05, 4.69) is 13.8 Å². The van der Waals surface area contributed by atoms with Crippen molar-refractivity contribution < 1.29 is 9.59 Å². The van der Waals surface area contributed by atoms with Crippen LogP contribution in [0.3, 0.4) is 0 Å². The molecule has 0 radical (unpaired) electrons. The normalized spacial score (nSPS) is 14.7. The number of hydrogen-bond acceptors (Lipinski definition) is 2. The van der Waals surface area contributed by atoms with E-state index in [4.69, 9.17) is 11.6 Å². The third-order valence-corrected chi connectivity index (χ3v) is 3.18. The molecule has 1 aromatic rings. The quantitative estimate of drug-likeness (QED) is 0.775. The van der Waals surface area contributed by atoms with Crippen LogP contribution < -0.4 is 4.90 Å². The SMILES string of the molecule is CC(C)CCN1C(=O)C(=O)c2cccc(Cl)c21. The van der Waals surface area contributed by atoms with Gasteiger partial charge in [0.05, 0.1) is 16.3 Å². The molecule has 0 saturated heterocycles. The standard InChI is InChI=1S/C13H14ClNO2/c1-8(2)6-7-15-11-9(12(16)13(15)17)4-3-5-10(11)14/h3-5,8H,6-7H2,1-2H3. The largest absolute Gasteiger partial charge is 0.303 e. The van der Waals surface area contributed by atoms with E-state index in [1.54, 1.807) is 18.2 Å². The van der Waals surface area contributed by atoms with E-state index in [0.717, 1.165) is 6.42 Å². The number of hydrogen-bond donors (Lipinski definition) is 0. The molecular formula is C13H14ClNO2. The Hall–Kier alpha value is -1.35. The minimum absolute atomic E-state index is 0.422. The van der Waals surface area contributed by atoms with Gasteiger partial charge >= 0.3 is 0 Å². The van der Waals surface area contributed by atoms with Crippen molar-refractivity contribution in [3.63, 3.8) is 0 Å². The van der Waals surface area contributed by atoms with Crippen molar-refractivity contribution in [1.82, 2.24) is 0 Å². The highest BCUT2D eigenvalue weighted by molar-refractivity contribution is 6.54. The van der Waals surface area contributed by atoms with Gasteiger partial charge in [0.1, 0.15) is 0 Å². The molecule has 0 atom stereocenters. The average Bonchev–Trinajstić information content (AvgIpc) is 2.52. The summed E-state index contributed by atoms with van der Waals surface area (Å²) in [5, 5.41) is 0.463. The average molecular weight is 252 g/mol. The molecule has 0 aromatic heterocycles. The minimum atomic E-state index is -0.464. The molecular weight excluding hydrogens is 238 g/mol. The van der Waals surface area contributed by atoms with Crippen LogP contribution in [0.25, 0.3) is 0 Å². The van der Waals surface area contributed by atoms with Crippen LogP contribution in [0.2, 0.25) is 5.02 Å². The van der Waals surface area contributed by atoms with Crippen molar-refractivity contribution in [2.24, 2.45) is 5.92 Å². The Bertz CT molecular complexity index is 482. The van der Waals surface area contributed by atoms with Gasteiger partial charge in [0.2, 0.25) is 0 Å². The van der Waals surface area contributed by atoms with Crippen molar-refractivity contribution in [2.75, 3.05) is 11.4 Å². The molecule has 1 amide bonds. The zero-order valence-corrected chi connectivity index (χ0v) is 10.6. The highest BCUT2D eigenvalue weighted by atomic mass is 35.5. The lowest BCUT2D eigenvalue weighted by molar-refractivity contribution is -0.114. The van der Waals surface area contributed by atoms with Gasteiger partial charge in [-0.05, 0) is 24.5 Å². The van der Waals surface area contributed by atoms with Crippen molar-refractivity contribution in [3.05, 3.63) is 28.8 Å². The van der Waals surface area contributed by atoms with Crippen molar-refractivity contribution in [1.29, 1.82) is 0 Å². The molecule has 1 aromatic carbocycles. The van der Waals surface area contributed by atoms with E-state index in [-0.39, 0.29) is 0 Å². The van der Waals surface area contributed by atoms with E-state index in [1.807, 2.05) is 0 Å². The van der Waals surface area contributed by atoms with E-state index < -0.39 is 11.7 Å². The molecule has 0 fully saturated rings. The first-order chi connectivity index (χ1) is 8.02. The summed E-state index contributed by atoms with van der Waals surface area (Å²) in [6.45, 7) is 4.70. The van der Waals surface area contributed by atoms with Crippen LogP contribution in [0.15, 0.2) is 18.2 Å². The maximum Gasteiger partial charge on any atom is 0.299 e. The Balaban J connectivity index is 2.36. The third kappa shape index (κ3) is 2.07. The summed E-state index contributed by atoms with van der Waals surface area (Å²) in [5.74, 6) is -0.440. The Kier molecular flexibility index (Phi) is 3.20. The monoisotopic (exact) mass is 251 g/mol. The van der Waals surface area contributed by atoms with Crippen LogP contribution in [0.5, 0.6) is 0 Å². The molecule has 3 nitrogen and oxygen atoms in total. The summed E-state index contributed by atoms with van der Waals surface area (Å²) in [7, 11) is 0. The fraction of sp³-hybridized carbons (Fsp3) is 0.385. The van der Waals surface area contributed by atoms with Gasteiger partial charge in [-0.3, -0.25) is 9.59 Å². The molecule has 1 aliphatic heterocycles. The van der Waals surface area contributed by atoms with Gasteiger partial charge < -0.3 is 4.90 Å². The molecule has 0 unspecified atom stereocenters. The van der Waals surface area contributed by atoms with Crippen molar-refractivity contribution in [2.45, 2.75) is 20.3 Å². The summed E-state index contributed by atoms with van der Waals surface area (Å²) in [5.41, 5.74) is 0.996. The number of carbonyl (C=O) groups excluding carboxylic acids is 2. The second-order valence-corrected chi connectivity index (χ2v) is 5.01. The molecule has 0 aliphatic carbocycles. The van der Waals surface area contributed by atoms with Gasteiger partial charge in [-0.25, -0.2) is 0 Å². The van der Waals surface area contributed by atoms with Crippen molar-refractivity contribution in [3.8, 4) is 0 Å². The lowest BCUT2D eigenvalue weighted by Crippen LogP contribution is -2.31. The number of fused-ring (bicyclic) bond motifs is 1. The van der Waals surface area contributed by atoms with Crippen molar-refractivity contribution >= 4 is 29.0 Å². The van der Waals surface area contributed by atoms with Gasteiger partial charge in [0.15, 0.2) is 0 Å². The summed E-state index contributed by atoms with van der Waals surface area (Å²) in [6.07, 6.45) is 0.851. The highest BCUT2D eigenvalue weighted by Gasteiger charge is 2.36.